The molecule has 0 aliphatic rings. The Morgan fingerprint density at radius 3 is 2.61 bits per heavy atom. The summed E-state index contributed by atoms with van der Waals surface area (Å²) in [5.74, 6) is -0.0202. The van der Waals surface area contributed by atoms with E-state index in [1.807, 2.05) is 0 Å². The van der Waals surface area contributed by atoms with Gasteiger partial charge in [-0.25, -0.2) is 13.4 Å². The monoisotopic (exact) mass is 414 g/mol. The van der Waals surface area contributed by atoms with Crippen molar-refractivity contribution in [3.8, 4) is 0 Å². The van der Waals surface area contributed by atoms with Gasteiger partial charge in [-0.1, -0.05) is 35.9 Å². The maximum atomic E-state index is 13.3. The Balaban J connectivity index is 1.86. The third-order valence-electron chi connectivity index (χ3n) is 4.25. The van der Waals surface area contributed by atoms with Crippen LogP contribution >= 0.6 is 11.6 Å². The molecule has 0 unspecified atom stereocenters. The number of aromatic amines is 2. The number of carbonyl (C=O) groups is 1. The molecule has 0 bridgehead atoms. The highest BCUT2D eigenvalue weighted by Gasteiger charge is 2.30. The zero-order valence-corrected chi connectivity index (χ0v) is 16.0. The molecular formula is C19H15ClN4O3S. The molecule has 0 saturated carbocycles. The topological polar surface area (TPSA) is 108 Å². The van der Waals surface area contributed by atoms with E-state index in [1.54, 1.807) is 48.8 Å². The predicted molar refractivity (Wildman–Crippen MR) is 105 cm³/mol. The van der Waals surface area contributed by atoms with Crippen LogP contribution in [0, 0.1) is 0 Å². The van der Waals surface area contributed by atoms with Crippen molar-refractivity contribution < 1.29 is 13.2 Å². The van der Waals surface area contributed by atoms with E-state index in [-0.39, 0.29) is 32.4 Å². The fraction of sp³-hybridized carbons (Fsp3) is 0.0526. The van der Waals surface area contributed by atoms with Crippen molar-refractivity contribution >= 4 is 38.2 Å². The summed E-state index contributed by atoms with van der Waals surface area (Å²) in [5, 5.41) is 3.21. The van der Waals surface area contributed by atoms with E-state index in [0.29, 0.717) is 11.3 Å². The van der Waals surface area contributed by atoms with Crippen LogP contribution < -0.4 is 5.32 Å². The van der Waals surface area contributed by atoms with E-state index in [1.165, 1.54) is 12.1 Å². The van der Waals surface area contributed by atoms with E-state index in [2.05, 4.69) is 20.3 Å². The minimum absolute atomic E-state index is 0.0708. The number of amides is 1. The van der Waals surface area contributed by atoms with Crippen molar-refractivity contribution in [3.63, 3.8) is 0 Å². The predicted octanol–water partition coefficient (Wildman–Crippen LogP) is 3.31. The van der Waals surface area contributed by atoms with Gasteiger partial charge in [0, 0.05) is 23.3 Å². The van der Waals surface area contributed by atoms with Crippen LogP contribution in [-0.4, -0.2) is 29.3 Å². The van der Waals surface area contributed by atoms with Gasteiger partial charge in [-0.3, -0.25) is 4.79 Å². The van der Waals surface area contributed by atoms with Crippen LogP contribution in [-0.2, 0) is 16.4 Å². The first-order valence-electron chi connectivity index (χ1n) is 8.35. The van der Waals surface area contributed by atoms with Crippen molar-refractivity contribution in [3.05, 3.63) is 77.5 Å². The summed E-state index contributed by atoms with van der Waals surface area (Å²) in [6, 6.07) is 12.9. The molecule has 0 aliphatic carbocycles. The molecule has 0 atom stereocenters. The van der Waals surface area contributed by atoms with Gasteiger partial charge in [-0.15, -0.1) is 0 Å². The second kappa shape index (κ2) is 7.14. The highest BCUT2D eigenvalue weighted by atomic mass is 35.5. The quantitative estimate of drug-likeness (QED) is 0.465. The average molecular weight is 415 g/mol. The highest BCUT2D eigenvalue weighted by molar-refractivity contribution is 7.91. The van der Waals surface area contributed by atoms with Gasteiger partial charge in [-0.05, 0) is 24.3 Å². The molecule has 142 valence electrons. The molecule has 1 amide bonds. The Kier molecular flexibility index (Phi) is 4.66. The van der Waals surface area contributed by atoms with Crippen LogP contribution in [0.2, 0.25) is 5.02 Å². The molecule has 3 N–H and O–H groups in total. The zero-order chi connectivity index (χ0) is 19.7. The second-order valence-electron chi connectivity index (χ2n) is 6.03. The van der Waals surface area contributed by atoms with E-state index < -0.39 is 15.7 Å². The molecule has 2 aromatic carbocycles. The smallest absolute Gasteiger partial charge is 0.269 e. The largest absolute Gasteiger partial charge is 0.349 e. The molecule has 0 spiro atoms. The third kappa shape index (κ3) is 3.17. The third-order valence-corrected chi connectivity index (χ3v) is 6.40. The molecule has 7 nitrogen and oxygen atoms in total. The lowest BCUT2D eigenvalue weighted by Crippen LogP contribution is -2.25. The molecule has 4 aromatic rings. The van der Waals surface area contributed by atoms with Crippen LogP contribution in [0.4, 0.5) is 0 Å². The highest BCUT2D eigenvalue weighted by Crippen LogP contribution is 2.36. The summed E-state index contributed by atoms with van der Waals surface area (Å²) < 4.78 is 26.7. The van der Waals surface area contributed by atoms with E-state index in [9.17, 15) is 13.2 Å². The minimum Gasteiger partial charge on any atom is -0.349 e. The first-order valence-corrected chi connectivity index (χ1v) is 10.2. The number of halogens is 1. The SMILES string of the molecule is O=C(NCc1ncc[nH]1)c1[nH]c2cccc(Cl)c2c1S(=O)(=O)c1ccccc1. The van der Waals surface area contributed by atoms with E-state index >= 15 is 0 Å². The molecule has 2 aromatic heterocycles. The second-order valence-corrected chi connectivity index (χ2v) is 8.32. The van der Waals surface area contributed by atoms with Crippen molar-refractivity contribution in [2.24, 2.45) is 0 Å². The average Bonchev–Trinajstić information content (AvgIpc) is 3.35. The molecule has 28 heavy (non-hydrogen) atoms. The van der Waals surface area contributed by atoms with Crippen molar-refractivity contribution in [2.45, 2.75) is 16.3 Å². The summed E-state index contributed by atoms with van der Waals surface area (Å²) in [7, 11) is -3.99. The first-order chi connectivity index (χ1) is 13.5. The lowest BCUT2D eigenvalue weighted by Gasteiger charge is -2.08. The molecule has 2 heterocycles. The number of hydrogen-bond donors (Lipinski definition) is 3. The van der Waals surface area contributed by atoms with Gasteiger partial charge >= 0.3 is 0 Å². The maximum absolute atomic E-state index is 13.3. The molecule has 0 radical (unpaired) electrons. The molecule has 0 fully saturated rings. The van der Waals surface area contributed by atoms with Gasteiger partial charge in [-0.2, -0.15) is 0 Å². The first kappa shape index (κ1) is 18.3. The lowest BCUT2D eigenvalue weighted by atomic mass is 10.2. The van der Waals surface area contributed by atoms with E-state index in [0.717, 1.165) is 0 Å². The van der Waals surface area contributed by atoms with Crippen molar-refractivity contribution in [1.82, 2.24) is 20.3 Å². The number of imidazole rings is 1. The van der Waals surface area contributed by atoms with Crippen molar-refractivity contribution in [2.75, 3.05) is 0 Å². The van der Waals surface area contributed by atoms with Gasteiger partial charge in [0.25, 0.3) is 5.91 Å². The number of rotatable bonds is 5. The number of carbonyl (C=O) groups excluding carboxylic acids is 1. The van der Waals surface area contributed by atoms with Crippen LogP contribution in [0.5, 0.6) is 0 Å². The standard InChI is InChI=1S/C19H15ClN4O3S/c20-13-7-4-8-14-16(13)18(28(26,27)12-5-2-1-3-6-12)17(24-14)19(25)23-11-15-21-9-10-22-15/h1-10,24H,11H2,(H,21,22)(H,23,25). The number of sulfone groups is 1. The fourth-order valence-electron chi connectivity index (χ4n) is 2.97. The number of H-pyrrole nitrogens is 2. The lowest BCUT2D eigenvalue weighted by molar-refractivity contribution is 0.0942. The Morgan fingerprint density at radius 2 is 1.89 bits per heavy atom. The Bertz CT molecular complexity index is 1250. The van der Waals surface area contributed by atoms with Gasteiger partial charge in [0.2, 0.25) is 9.84 Å². The van der Waals surface area contributed by atoms with Crippen LogP contribution in [0.3, 0.4) is 0 Å². The van der Waals surface area contributed by atoms with Gasteiger partial charge < -0.3 is 15.3 Å². The maximum Gasteiger partial charge on any atom is 0.269 e. The number of nitrogens with zero attached hydrogens (tertiary/aromatic N) is 1. The number of aromatic nitrogens is 3. The Labute approximate surface area is 165 Å². The molecule has 0 aliphatic heterocycles. The van der Waals surface area contributed by atoms with Crippen molar-refractivity contribution in [1.29, 1.82) is 0 Å². The molecule has 0 saturated heterocycles. The normalized spacial score (nSPS) is 11.6. The molecule has 4 rings (SSSR count). The summed E-state index contributed by atoms with van der Waals surface area (Å²) in [4.78, 5) is 22.6. The van der Waals surface area contributed by atoms with Crippen LogP contribution in [0.25, 0.3) is 10.9 Å². The van der Waals surface area contributed by atoms with Gasteiger partial charge in [0.15, 0.2) is 0 Å². The Hall–Kier alpha value is -3.10. The number of hydrogen-bond acceptors (Lipinski definition) is 4. The molecule has 9 heteroatoms. The number of benzene rings is 2. The van der Waals surface area contributed by atoms with Crippen LogP contribution in [0.15, 0.2) is 70.7 Å². The van der Waals surface area contributed by atoms with Crippen LogP contribution in [0.1, 0.15) is 16.3 Å². The minimum atomic E-state index is -3.99. The van der Waals surface area contributed by atoms with Gasteiger partial charge in [0.1, 0.15) is 16.4 Å². The van der Waals surface area contributed by atoms with Gasteiger partial charge in [0.05, 0.1) is 16.5 Å². The summed E-state index contributed by atoms with van der Waals surface area (Å²) in [6.45, 7) is 0.125. The Morgan fingerprint density at radius 1 is 1.11 bits per heavy atom. The summed E-state index contributed by atoms with van der Waals surface area (Å²) >= 11 is 6.30. The zero-order valence-electron chi connectivity index (χ0n) is 14.4. The summed E-state index contributed by atoms with van der Waals surface area (Å²) in [6.07, 6.45) is 3.20. The fourth-order valence-corrected chi connectivity index (χ4v) is 4.95. The number of fused-ring (bicyclic) bond motifs is 1. The number of nitrogens with one attached hydrogen (secondary N) is 3. The molecular weight excluding hydrogens is 400 g/mol. The van der Waals surface area contributed by atoms with E-state index in [4.69, 9.17) is 11.6 Å². The summed E-state index contributed by atoms with van der Waals surface area (Å²) in [5.41, 5.74) is 0.392.